The highest BCUT2D eigenvalue weighted by Gasteiger charge is 2.42. The second kappa shape index (κ2) is 4.93. The molecular weight excluding hydrogens is 234 g/mol. The number of ketones is 3. The summed E-state index contributed by atoms with van der Waals surface area (Å²) in [6.07, 6.45) is 3.97. The van der Waals surface area contributed by atoms with Gasteiger partial charge in [-0.1, -0.05) is 12.2 Å². The highest BCUT2D eigenvalue weighted by atomic mass is 16.1. The maximum absolute atomic E-state index is 11.5. The Bertz CT molecular complexity index is 467. The van der Waals surface area contributed by atoms with E-state index in [9.17, 15) is 14.4 Å². The van der Waals surface area contributed by atoms with Crippen LogP contribution in [0.4, 0.5) is 0 Å². The number of hydrogen-bond donors (Lipinski definition) is 3. The number of rotatable bonds is 3. The standard InChI is InChI=1S/C12H16N2O3.H3N/c1-7(15)10-6-11(13,8(2)16)4-5-12(10,14)9(3)17;/h4-6H,13-14H2,1-3H3;1H3. The van der Waals surface area contributed by atoms with E-state index in [0.29, 0.717) is 0 Å². The molecule has 7 N–H and O–H groups in total. The third-order valence-corrected chi connectivity index (χ3v) is 3.02. The van der Waals surface area contributed by atoms with Crippen LogP contribution in [0, 0.1) is 0 Å². The van der Waals surface area contributed by atoms with Crippen molar-refractivity contribution in [1.82, 2.24) is 6.15 Å². The summed E-state index contributed by atoms with van der Waals surface area (Å²) in [5.41, 5.74) is 8.91. The van der Waals surface area contributed by atoms with Gasteiger partial charge in [0.05, 0.1) is 0 Å². The summed E-state index contributed by atoms with van der Waals surface area (Å²) in [4.78, 5) is 34.5. The average molecular weight is 253 g/mol. The van der Waals surface area contributed by atoms with Crippen molar-refractivity contribution in [3.05, 3.63) is 23.8 Å². The van der Waals surface area contributed by atoms with Crippen LogP contribution < -0.4 is 17.6 Å². The van der Waals surface area contributed by atoms with Crippen molar-refractivity contribution in [2.45, 2.75) is 31.8 Å². The van der Waals surface area contributed by atoms with Crippen LogP contribution in [-0.4, -0.2) is 28.4 Å². The molecule has 0 fully saturated rings. The summed E-state index contributed by atoms with van der Waals surface area (Å²) >= 11 is 0. The van der Waals surface area contributed by atoms with E-state index in [1.54, 1.807) is 0 Å². The van der Waals surface area contributed by atoms with Crippen molar-refractivity contribution in [3.8, 4) is 0 Å². The predicted octanol–water partition coefficient (Wildman–Crippen LogP) is -0.193. The molecule has 2 unspecified atom stereocenters. The van der Waals surface area contributed by atoms with Gasteiger partial charge in [0.15, 0.2) is 17.3 Å². The molecule has 0 aromatic rings. The highest BCUT2D eigenvalue weighted by Crippen LogP contribution is 2.27. The fourth-order valence-electron chi connectivity index (χ4n) is 1.68. The number of carbonyl (C=O) groups is 3. The van der Waals surface area contributed by atoms with E-state index in [2.05, 4.69) is 0 Å². The fourth-order valence-corrected chi connectivity index (χ4v) is 1.68. The Morgan fingerprint density at radius 2 is 1.50 bits per heavy atom. The average Bonchev–Trinajstić information content (AvgIpc) is 2.21. The molecule has 6 heteroatoms. The highest BCUT2D eigenvalue weighted by molar-refractivity contribution is 6.09. The lowest BCUT2D eigenvalue weighted by molar-refractivity contribution is -0.122. The lowest BCUT2D eigenvalue weighted by Gasteiger charge is -2.33. The van der Waals surface area contributed by atoms with Gasteiger partial charge >= 0.3 is 0 Å². The van der Waals surface area contributed by atoms with E-state index in [4.69, 9.17) is 11.5 Å². The van der Waals surface area contributed by atoms with Gasteiger partial charge in [-0.2, -0.15) is 0 Å². The number of Topliss-reactive ketones (excluding diaryl/α,β-unsaturated/α-hetero) is 3. The van der Waals surface area contributed by atoms with Crippen molar-refractivity contribution in [1.29, 1.82) is 0 Å². The maximum atomic E-state index is 11.5. The van der Waals surface area contributed by atoms with Crippen molar-refractivity contribution in [3.63, 3.8) is 0 Å². The van der Waals surface area contributed by atoms with E-state index in [0.717, 1.165) is 0 Å². The quantitative estimate of drug-likeness (QED) is 0.595. The summed E-state index contributed by atoms with van der Waals surface area (Å²) in [6, 6.07) is 0. The number of carbonyl (C=O) groups excluding carboxylic acids is 3. The smallest absolute Gasteiger partial charge is 0.158 e. The Labute approximate surface area is 106 Å². The SMILES string of the molecule is CC(=O)C1=CC(N)(C(C)=O)C=CC1(N)C(C)=O.N. The molecule has 0 aliphatic heterocycles. The first-order valence-corrected chi connectivity index (χ1v) is 5.18. The first-order chi connectivity index (χ1) is 7.63. The van der Waals surface area contributed by atoms with E-state index < -0.39 is 11.1 Å². The largest absolute Gasteiger partial charge is 0.344 e. The molecule has 0 aromatic heterocycles. The fraction of sp³-hybridized carbons (Fsp3) is 0.417. The van der Waals surface area contributed by atoms with Crippen LogP contribution >= 0.6 is 0 Å². The molecule has 2 atom stereocenters. The number of hydrogen-bond acceptors (Lipinski definition) is 6. The molecule has 0 amide bonds. The molecule has 1 rings (SSSR count). The lowest BCUT2D eigenvalue weighted by atomic mass is 9.75. The molecule has 0 saturated heterocycles. The van der Waals surface area contributed by atoms with E-state index in [1.165, 1.54) is 39.0 Å². The number of nitrogens with two attached hydrogens (primary N) is 2. The van der Waals surface area contributed by atoms with Crippen LogP contribution in [0.5, 0.6) is 0 Å². The van der Waals surface area contributed by atoms with Gasteiger partial charge in [-0.3, -0.25) is 14.4 Å². The monoisotopic (exact) mass is 253 g/mol. The second-order valence-electron chi connectivity index (χ2n) is 4.36. The van der Waals surface area contributed by atoms with Gasteiger partial charge in [0.25, 0.3) is 0 Å². The third kappa shape index (κ3) is 2.45. The molecule has 0 spiro atoms. The zero-order valence-electron chi connectivity index (χ0n) is 10.8. The minimum atomic E-state index is -1.48. The first kappa shape index (κ1) is 16.4. The van der Waals surface area contributed by atoms with Crippen LogP contribution in [0.1, 0.15) is 20.8 Å². The lowest BCUT2D eigenvalue weighted by Crippen LogP contribution is -2.55. The van der Waals surface area contributed by atoms with Crippen LogP contribution in [-0.2, 0) is 14.4 Å². The topological polar surface area (TPSA) is 138 Å². The summed E-state index contributed by atoms with van der Waals surface area (Å²) in [6.45, 7) is 3.89. The molecular formula is C12H19N3O3. The van der Waals surface area contributed by atoms with Crippen molar-refractivity contribution in [2.75, 3.05) is 0 Å². The predicted molar refractivity (Wildman–Crippen MR) is 68.1 cm³/mol. The zero-order valence-corrected chi connectivity index (χ0v) is 10.8. The summed E-state index contributed by atoms with van der Waals surface area (Å²) in [5.74, 6) is -1.07. The minimum absolute atomic E-state index is 0. The maximum Gasteiger partial charge on any atom is 0.158 e. The van der Waals surface area contributed by atoms with Crippen molar-refractivity contribution < 1.29 is 14.4 Å². The Hall–Kier alpha value is -1.63. The molecule has 1 aliphatic rings. The summed E-state index contributed by atoms with van der Waals surface area (Å²) < 4.78 is 0. The minimum Gasteiger partial charge on any atom is -0.344 e. The van der Waals surface area contributed by atoms with E-state index in [-0.39, 0.29) is 29.1 Å². The van der Waals surface area contributed by atoms with Crippen molar-refractivity contribution in [2.24, 2.45) is 11.5 Å². The zero-order chi connectivity index (χ0) is 13.4. The molecule has 0 aromatic carbocycles. The molecule has 0 radical (unpaired) electrons. The van der Waals surface area contributed by atoms with Gasteiger partial charge < -0.3 is 17.6 Å². The third-order valence-electron chi connectivity index (χ3n) is 3.02. The molecule has 100 valence electrons. The Kier molecular flexibility index (Phi) is 4.48. The van der Waals surface area contributed by atoms with E-state index in [1.807, 2.05) is 0 Å². The molecule has 18 heavy (non-hydrogen) atoms. The Morgan fingerprint density at radius 3 is 1.83 bits per heavy atom. The van der Waals surface area contributed by atoms with Gasteiger partial charge in [0.2, 0.25) is 0 Å². The molecule has 6 nitrogen and oxygen atoms in total. The van der Waals surface area contributed by atoms with Gasteiger partial charge in [-0.05, 0) is 26.8 Å². The van der Waals surface area contributed by atoms with Crippen molar-refractivity contribution >= 4 is 17.3 Å². The Morgan fingerprint density at radius 1 is 1.00 bits per heavy atom. The summed E-state index contributed by atoms with van der Waals surface area (Å²) in [5, 5.41) is 0. The van der Waals surface area contributed by atoms with E-state index >= 15 is 0 Å². The van der Waals surface area contributed by atoms with Crippen LogP contribution in [0.15, 0.2) is 23.8 Å². The molecule has 0 saturated carbocycles. The first-order valence-electron chi connectivity index (χ1n) is 5.18. The van der Waals surface area contributed by atoms with Crippen LogP contribution in [0.25, 0.3) is 0 Å². The van der Waals surface area contributed by atoms with Gasteiger partial charge in [-0.25, -0.2) is 0 Å². The second-order valence-corrected chi connectivity index (χ2v) is 4.36. The normalized spacial score (nSPS) is 30.2. The van der Waals surface area contributed by atoms with Gasteiger partial charge in [-0.15, -0.1) is 0 Å². The van der Waals surface area contributed by atoms with Crippen LogP contribution in [0.3, 0.4) is 0 Å². The molecule has 1 aliphatic carbocycles. The molecule has 0 bridgehead atoms. The molecule has 0 heterocycles. The summed E-state index contributed by atoms with van der Waals surface area (Å²) in [7, 11) is 0. The van der Waals surface area contributed by atoms with Crippen LogP contribution in [0.2, 0.25) is 0 Å². The van der Waals surface area contributed by atoms with Gasteiger partial charge in [0, 0.05) is 5.57 Å². The Balaban J connectivity index is 0.00000289. The van der Waals surface area contributed by atoms with Gasteiger partial charge in [0.1, 0.15) is 11.1 Å².